The van der Waals surface area contributed by atoms with Gasteiger partial charge >= 0.3 is 0 Å². The van der Waals surface area contributed by atoms with E-state index in [4.69, 9.17) is 0 Å². The standard InChI is InChI=1S/C14H13FN4S/c1-9-19-11(7-20-9)4-5-16-14-12-6-10(15)2-3-13(12)17-8-18-14/h2-3,6-8H,4-5H2,1H3,(H,16,17,18). The normalized spacial score (nSPS) is 10.9. The highest BCUT2D eigenvalue weighted by atomic mass is 32.1. The number of thiazole rings is 1. The lowest BCUT2D eigenvalue weighted by Crippen LogP contribution is -2.07. The highest BCUT2D eigenvalue weighted by Gasteiger charge is 2.05. The average molecular weight is 288 g/mol. The van der Waals surface area contributed by atoms with Gasteiger partial charge in [-0.2, -0.15) is 0 Å². The Kier molecular flexibility index (Phi) is 3.56. The van der Waals surface area contributed by atoms with E-state index in [-0.39, 0.29) is 5.82 Å². The Bertz CT molecular complexity index is 741. The quantitative estimate of drug-likeness (QED) is 0.801. The minimum Gasteiger partial charge on any atom is -0.369 e. The largest absolute Gasteiger partial charge is 0.369 e. The van der Waals surface area contributed by atoms with Crippen LogP contribution in [0.3, 0.4) is 0 Å². The van der Waals surface area contributed by atoms with Crippen molar-refractivity contribution in [1.82, 2.24) is 15.0 Å². The van der Waals surface area contributed by atoms with Crippen molar-refractivity contribution in [2.75, 3.05) is 11.9 Å². The van der Waals surface area contributed by atoms with Crippen molar-refractivity contribution in [1.29, 1.82) is 0 Å². The summed E-state index contributed by atoms with van der Waals surface area (Å²) in [6.07, 6.45) is 2.29. The van der Waals surface area contributed by atoms with Crippen molar-refractivity contribution >= 4 is 28.1 Å². The molecular weight excluding hydrogens is 275 g/mol. The van der Waals surface area contributed by atoms with Crippen molar-refractivity contribution < 1.29 is 4.39 Å². The zero-order valence-electron chi connectivity index (χ0n) is 10.9. The van der Waals surface area contributed by atoms with E-state index < -0.39 is 0 Å². The van der Waals surface area contributed by atoms with Crippen molar-refractivity contribution in [3.05, 3.63) is 46.4 Å². The van der Waals surface area contributed by atoms with Crippen LogP contribution in [0, 0.1) is 12.7 Å². The minimum atomic E-state index is -0.287. The first-order chi connectivity index (χ1) is 9.72. The van der Waals surface area contributed by atoms with Crippen molar-refractivity contribution in [2.45, 2.75) is 13.3 Å². The van der Waals surface area contributed by atoms with E-state index in [9.17, 15) is 4.39 Å². The van der Waals surface area contributed by atoms with Gasteiger partial charge in [0.05, 0.1) is 16.2 Å². The maximum Gasteiger partial charge on any atom is 0.137 e. The number of aryl methyl sites for hydroxylation is 1. The van der Waals surface area contributed by atoms with Gasteiger partial charge in [0.1, 0.15) is 18.0 Å². The summed E-state index contributed by atoms with van der Waals surface area (Å²) in [5.41, 5.74) is 1.79. The Morgan fingerprint density at radius 1 is 1.30 bits per heavy atom. The van der Waals surface area contributed by atoms with Gasteiger partial charge in [0, 0.05) is 23.7 Å². The molecule has 0 saturated carbocycles. The summed E-state index contributed by atoms with van der Waals surface area (Å²) >= 11 is 1.64. The van der Waals surface area contributed by atoms with E-state index in [1.807, 2.05) is 6.92 Å². The van der Waals surface area contributed by atoms with Gasteiger partial charge in [0.2, 0.25) is 0 Å². The number of hydrogen-bond acceptors (Lipinski definition) is 5. The molecule has 0 aliphatic heterocycles. The number of nitrogens with one attached hydrogen (secondary N) is 1. The summed E-state index contributed by atoms with van der Waals surface area (Å²) < 4.78 is 13.3. The molecule has 2 aromatic heterocycles. The van der Waals surface area contributed by atoms with Gasteiger partial charge in [0.15, 0.2) is 0 Å². The van der Waals surface area contributed by atoms with Crippen molar-refractivity contribution in [3.63, 3.8) is 0 Å². The number of hydrogen-bond donors (Lipinski definition) is 1. The van der Waals surface area contributed by atoms with E-state index in [0.717, 1.165) is 22.6 Å². The maximum absolute atomic E-state index is 13.3. The first kappa shape index (κ1) is 12.9. The molecule has 6 heteroatoms. The zero-order chi connectivity index (χ0) is 13.9. The van der Waals surface area contributed by atoms with Crippen LogP contribution in [-0.2, 0) is 6.42 Å². The zero-order valence-corrected chi connectivity index (χ0v) is 11.7. The lowest BCUT2D eigenvalue weighted by atomic mass is 10.2. The SMILES string of the molecule is Cc1nc(CCNc2ncnc3ccc(F)cc23)cs1. The Balaban J connectivity index is 1.75. The highest BCUT2D eigenvalue weighted by molar-refractivity contribution is 7.09. The predicted molar refractivity (Wildman–Crippen MR) is 78.5 cm³/mol. The second kappa shape index (κ2) is 5.50. The summed E-state index contributed by atoms with van der Waals surface area (Å²) in [6.45, 7) is 2.69. The van der Waals surface area contributed by atoms with Crippen molar-refractivity contribution in [2.24, 2.45) is 0 Å². The maximum atomic E-state index is 13.3. The van der Waals surface area contributed by atoms with Gasteiger partial charge < -0.3 is 5.32 Å². The van der Waals surface area contributed by atoms with Crippen molar-refractivity contribution in [3.8, 4) is 0 Å². The van der Waals surface area contributed by atoms with Crippen LogP contribution >= 0.6 is 11.3 Å². The fraction of sp³-hybridized carbons (Fsp3) is 0.214. The van der Waals surface area contributed by atoms with Crippen LogP contribution in [0.1, 0.15) is 10.7 Å². The third-order valence-electron chi connectivity index (χ3n) is 2.94. The van der Waals surface area contributed by atoms with E-state index in [1.165, 1.54) is 18.5 Å². The van der Waals surface area contributed by atoms with Gasteiger partial charge in [-0.25, -0.2) is 19.3 Å². The number of anilines is 1. The molecule has 0 spiro atoms. The second-order valence-corrected chi connectivity index (χ2v) is 5.48. The molecule has 102 valence electrons. The highest BCUT2D eigenvalue weighted by Crippen LogP contribution is 2.20. The molecule has 2 heterocycles. The Morgan fingerprint density at radius 3 is 3.00 bits per heavy atom. The molecule has 4 nitrogen and oxygen atoms in total. The molecule has 3 aromatic rings. The Hall–Kier alpha value is -2.08. The molecule has 20 heavy (non-hydrogen) atoms. The number of aromatic nitrogens is 3. The number of benzene rings is 1. The number of fused-ring (bicyclic) bond motifs is 1. The third kappa shape index (κ3) is 2.75. The number of halogens is 1. The second-order valence-electron chi connectivity index (χ2n) is 4.42. The number of rotatable bonds is 4. The van der Waals surface area contributed by atoms with Gasteiger partial charge in [-0.1, -0.05) is 0 Å². The fourth-order valence-corrected chi connectivity index (χ4v) is 2.65. The molecule has 0 bridgehead atoms. The molecule has 1 N–H and O–H groups in total. The smallest absolute Gasteiger partial charge is 0.137 e. The number of nitrogens with zero attached hydrogens (tertiary/aromatic N) is 3. The predicted octanol–water partition coefficient (Wildman–Crippen LogP) is 3.19. The molecule has 1 aromatic carbocycles. The van der Waals surface area contributed by atoms with Crippen LogP contribution < -0.4 is 5.32 Å². The molecule has 0 fully saturated rings. The Morgan fingerprint density at radius 2 is 2.20 bits per heavy atom. The monoisotopic (exact) mass is 288 g/mol. The molecule has 0 saturated heterocycles. The van der Waals surface area contributed by atoms with E-state index in [2.05, 4.69) is 25.6 Å². The Labute approximate surface area is 119 Å². The van der Waals surface area contributed by atoms with E-state index in [1.54, 1.807) is 17.4 Å². The van der Waals surface area contributed by atoms with Crippen LogP contribution in [0.15, 0.2) is 29.9 Å². The third-order valence-corrected chi connectivity index (χ3v) is 3.76. The lowest BCUT2D eigenvalue weighted by Gasteiger charge is -2.07. The molecule has 0 amide bonds. The van der Waals surface area contributed by atoms with Gasteiger partial charge in [-0.05, 0) is 25.1 Å². The van der Waals surface area contributed by atoms with Crippen LogP contribution in [0.5, 0.6) is 0 Å². The van der Waals surface area contributed by atoms with Gasteiger partial charge in [-0.15, -0.1) is 11.3 Å². The lowest BCUT2D eigenvalue weighted by molar-refractivity contribution is 0.629. The van der Waals surface area contributed by atoms with Crippen LogP contribution in [0.4, 0.5) is 10.2 Å². The topological polar surface area (TPSA) is 50.7 Å². The summed E-state index contributed by atoms with van der Waals surface area (Å²) in [7, 11) is 0. The molecule has 0 atom stereocenters. The molecular formula is C14H13FN4S. The van der Waals surface area contributed by atoms with Crippen LogP contribution in [0.25, 0.3) is 10.9 Å². The molecule has 3 rings (SSSR count). The average Bonchev–Trinajstić information content (AvgIpc) is 2.85. The van der Waals surface area contributed by atoms with Gasteiger partial charge in [-0.3, -0.25) is 0 Å². The van der Waals surface area contributed by atoms with Crippen LogP contribution in [0.2, 0.25) is 0 Å². The first-order valence-corrected chi connectivity index (χ1v) is 7.15. The summed E-state index contributed by atoms with van der Waals surface area (Å²) in [5.74, 6) is 0.368. The summed E-state index contributed by atoms with van der Waals surface area (Å²) in [4.78, 5) is 12.7. The fourth-order valence-electron chi connectivity index (χ4n) is 2.00. The minimum absolute atomic E-state index is 0.287. The van der Waals surface area contributed by atoms with Gasteiger partial charge in [0.25, 0.3) is 0 Å². The van der Waals surface area contributed by atoms with E-state index in [0.29, 0.717) is 17.7 Å². The molecule has 0 aliphatic carbocycles. The van der Waals surface area contributed by atoms with Crippen LogP contribution in [-0.4, -0.2) is 21.5 Å². The molecule has 0 unspecified atom stereocenters. The molecule has 0 aliphatic rings. The summed E-state index contributed by atoms with van der Waals surface area (Å²) in [5, 5.41) is 7.03. The summed E-state index contributed by atoms with van der Waals surface area (Å²) in [6, 6.07) is 4.50. The first-order valence-electron chi connectivity index (χ1n) is 6.27. The van der Waals surface area contributed by atoms with E-state index >= 15 is 0 Å². The molecule has 0 radical (unpaired) electrons.